The summed E-state index contributed by atoms with van der Waals surface area (Å²) in [6, 6.07) is 72.9. The van der Waals surface area contributed by atoms with Crippen molar-refractivity contribution in [1.29, 1.82) is 0 Å². The minimum Gasteiger partial charge on any atom is -0.181 e. The van der Waals surface area contributed by atoms with Crippen molar-refractivity contribution in [2.24, 2.45) is 0 Å². The molecule has 0 N–H and O–H groups in total. The van der Waals surface area contributed by atoms with Crippen LogP contribution in [0.15, 0.2) is 194 Å². The van der Waals surface area contributed by atoms with Crippen molar-refractivity contribution in [2.45, 2.75) is 105 Å². The first kappa shape index (κ1) is 47.8. The molecule has 12 aromatic rings. The van der Waals surface area contributed by atoms with Gasteiger partial charge in [0, 0.05) is 38.1 Å². The molecule has 0 bridgehead atoms. The van der Waals surface area contributed by atoms with Crippen molar-refractivity contribution in [3.05, 3.63) is 217 Å². The average Bonchev–Trinajstić information content (AvgIpc) is 1.61. The number of quaternary nitrogens is 1. The van der Waals surface area contributed by atoms with Crippen LogP contribution in [0.4, 0.5) is 17.3 Å². The zero-order valence-electron chi connectivity index (χ0n) is 47.7. The lowest BCUT2D eigenvalue weighted by atomic mass is 9.77. The summed E-state index contributed by atoms with van der Waals surface area (Å²) in [5, 5.41) is 4.97. The van der Waals surface area contributed by atoms with E-state index in [0.29, 0.717) is 4.59 Å². The largest absolute Gasteiger partial charge is 0.519 e. The molecular weight excluding hydrogens is 959 g/mol. The molecule has 5 heteroatoms. The van der Waals surface area contributed by atoms with E-state index in [2.05, 4.69) is 296 Å². The number of imidazole rings is 1. The molecule has 3 aliphatic rings. The van der Waals surface area contributed by atoms with Crippen LogP contribution in [-0.2, 0) is 21.7 Å². The Morgan fingerprint density at radius 2 is 0.937 bits per heavy atom. The van der Waals surface area contributed by atoms with Crippen molar-refractivity contribution in [3.8, 4) is 61.7 Å². The minimum atomic E-state index is -0.100. The highest BCUT2D eigenvalue weighted by Gasteiger charge is 2.69. The van der Waals surface area contributed by atoms with Crippen LogP contribution in [0.25, 0.3) is 105 Å². The molecule has 79 heavy (non-hydrogen) atoms. The predicted molar refractivity (Wildman–Crippen MR) is 330 cm³/mol. The third kappa shape index (κ3) is 6.48. The monoisotopic (exact) mass is 1030 g/mol. The highest BCUT2D eigenvalue weighted by atomic mass is 15.8. The van der Waals surface area contributed by atoms with Gasteiger partial charge in [0.1, 0.15) is 5.52 Å². The summed E-state index contributed by atoms with van der Waals surface area (Å²) in [6.45, 7) is 28.3. The lowest BCUT2D eigenvalue weighted by Gasteiger charge is -2.31. The van der Waals surface area contributed by atoms with Crippen LogP contribution in [0.1, 0.15) is 105 Å². The molecule has 15 rings (SSSR count). The Kier molecular flexibility index (Phi) is 9.62. The second-order valence-electron chi connectivity index (χ2n) is 26.9. The maximum Gasteiger partial charge on any atom is 0.519 e. The molecule has 0 saturated heterocycles. The summed E-state index contributed by atoms with van der Waals surface area (Å²) in [5.41, 5.74) is 24.2. The SMILES string of the molecule is CC(C)(C)c1cc(-c2cccc(-c3cc(C(C)(C)C)cc(C(C)(C)C)c3)c2-n2c3[n+](c4ccccc42)-c2cccc4c2[N+]32c3c(ccc5c6ccccc6n(c35)-c3cccc[n+]32)-c2ccc3ccccc3c2-4)cc(C(C)(C)C)c1. The molecule has 0 aliphatic carbocycles. The van der Waals surface area contributed by atoms with Crippen LogP contribution >= 0.6 is 0 Å². The topological polar surface area (TPSA) is 17.6 Å². The minimum absolute atomic E-state index is 0.100. The van der Waals surface area contributed by atoms with E-state index in [1.165, 1.54) is 116 Å². The number of nitrogens with zero attached hydrogens (tertiary/aromatic N) is 5. The number of para-hydroxylation sites is 5. The van der Waals surface area contributed by atoms with Gasteiger partial charge in [-0.2, -0.15) is 4.57 Å². The van der Waals surface area contributed by atoms with Gasteiger partial charge in [-0.05, 0) is 131 Å². The molecule has 5 nitrogen and oxygen atoms in total. The van der Waals surface area contributed by atoms with E-state index in [0.717, 1.165) is 28.5 Å². The molecule has 0 amide bonds. The summed E-state index contributed by atoms with van der Waals surface area (Å²) >= 11 is 0. The molecule has 0 fully saturated rings. The normalized spacial score (nSPS) is 15.4. The van der Waals surface area contributed by atoms with E-state index in [9.17, 15) is 0 Å². The number of fused-ring (bicyclic) bond motifs is 14. The Bertz CT molecular complexity index is 4490. The molecule has 0 saturated carbocycles. The van der Waals surface area contributed by atoms with Crippen molar-refractivity contribution in [2.75, 3.05) is 0 Å². The molecule has 386 valence electrons. The van der Waals surface area contributed by atoms with Crippen molar-refractivity contribution < 1.29 is 9.24 Å². The first-order chi connectivity index (χ1) is 37.7. The molecular formula is C74H68N5+3. The molecule has 1 unspecified atom stereocenters. The fourth-order valence-electron chi connectivity index (χ4n) is 13.8. The lowest BCUT2D eigenvalue weighted by molar-refractivity contribution is -0.786. The van der Waals surface area contributed by atoms with Gasteiger partial charge in [0.05, 0.1) is 11.1 Å². The molecule has 0 radical (unpaired) electrons. The van der Waals surface area contributed by atoms with Crippen LogP contribution in [-0.4, -0.2) is 9.13 Å². The van der Waals surface area contributed by atoms with Gasteiger partial charge >= 0.3 is 11.8 Å². The van der Waals surface area contributed by atoms with E-state index in [-0.39, 0.29) is 21.7 Å². The Morgan fingerprint density at radius 3 is 1.58 bits per heavy atom. The molecule has 3 aromatic heterocycles. The Morgan fingerprint density at radius 1 is 0.392 bits per heavy atom. The first-order valence-electron chi connectivity index (χ1n) is 28.4. The van der Waals surface area contributed by atoms with Gasteiger partial charge in [0.15, 0.2) is 22.9 Å². The van der Waals surface area contributed by atoms with Gasteiger partial charge in [0.25, 0.3) is 0 Å². The standard InChI is InChI=1S/C74H68N5/c1-71(2,3)48-39-46(40-49(43-48)72(4,5)6)53-26-21-27-54(47-41-50(73(7,8)9)44-51(42-47)74(10,11)12)66(53)78-62-31-18-17-30-61(62)76-63-32-22-28-59-65-52-24-14-13-23-45(52)34-35-56(65)58-37-36-57-55-25-15-16-29-60(55)77-64-33-19-20-38-75(64)79(68(59)63,70(76)78)69(58)67(57)77/h13-44H,1-12H3/q+3. The number of benzene rings is 9. The third-order valence-electron chi connectivity index (χ3n) is 17.8. The van der Waals surface area contributed by atoms with Crippen LogP contribution in [0.2, 0.25) is 0 Å². The number of pyridine rings is 1. The van der Waals surface area contributed by atoms with Crippen molar-refractivity contribution in [1.82, 2.24) is 13.7 Å². The van der Waals surface area contributed by atoms with Gasteiger partial charge in [0.2, 0.25) is 22.6 Å². The number of rotatable bonds is 3. The van der Waals surface area contributed by atoms with Gasteiger partial charge in [-0.3, -0.25) is 0 Å². The van der Waals surface area contributed by atoms with E-state index in [4.69, 9.17) is 0 Å². The quantitative estimate of drug-likeness (QED) is 0.124. The highest BCUT2D eigenvalue weighted by Crippen LogP contribution is 2.64. The van der Waals surface area contributed by atoms with Crippen molar-refractivity contribution >= 4 is 60.9 Å². The molecule has 1 atom stereocenters. The lowest BCUT2D eigenvalue weighted by Crippen LogP contribution is -2.69. The second-order valence-corrected chi connectivity index (χ2v) is 26.9. The van der Waals surface area contributed by atoms with Crippen LogP contribution < -0.4 is 13.8 Å². The zero-order chi connectivity index (χ0) is 54.4. The van der Waals surface area contributed by atoms with Crippen molar-refractivity contribution in [3.63, 3.8) is 0 Å². The smallest absolute Gasteiger partial charge is 0.181 e. The highest BCUT2D eigenvalue weighted by molar-refractivity contribution is 6.20. The Labute approximate surface area is 464 Å². The van der Waals surface area contributed by atoms with Crippen LogP contribution in [0, 0.1) is 0 Å². The molecule has 6 heterocycles. The van der Waals surface area contributed by atoms with Gasteiger partial charge in [-0.1, -0.05) is 210 Å². The molecule has 1 spiro atoms. The summed E-state index contributed by atoms with van der Waals surface area (Å²) in [5.74, 6) is 2.23. The number of hydrogen-bond acceptors (Lipinski definition) is 0. The summed E-state index contributed by atoms with van der Waals surface area (Å²) < 4.78 is 10.8. The summed E-state index contributed by atoms with van der Waals surface area (Å²) in [4.78, 5) is 0. The van der Waals surface area contributed by atoms with Crippen LogP contribution in [0.3, 0.4) is 0 Å². The second kappa shape index (κ2) is 15.9. The fraction of sp³-hybridized carbons (Fsp3) is 0.216. The summed E-state index contributed by atoms with van der Waals surface area (Å²) in [6.07, 6.45) is 2.36. The maximum atomic E-state index is 2.73. The van der Waals surface area contributed by atoms with E-state index in [1.807, 2.05) is 0 Å². The van der Waals surface area contributed by atoms with Gasteiger partial charge < -0.3 is 0 Å². The zero-order valence-corrected chi connectivity index (χ0v) is 47.7. The van der Waals surface area contributed by atoms with E-state index >= 15 is 0 Å². The fourth-order valence-corrected chi connectivity index (χ4v) is 13.8. The summed E-state index contributed by atoms with van der Waals surface area (Å²) in [7, 11) is 0. The Balaban J connectivity index is 1.21. The predicted octanol–water partition coefficient (Wildman–Crippen LogP) is 18.7. The van der Waals surface area contributed by atoms with E-state index < -0.39 is 0 Å². The van der Waals surface area contributed by atoms with Gasteiger partial charge in [-0.15, -0.1) is 9.13 Å². The number of aromatic nitrogens is 4. The third-order valence-corrected chi connectivity index (χ3v) is 17.8. The first-order valence-corrected chi connectivity index (χ1v) is 28.4. The number of hydrogen-bond donors (Lipinski definition) is 0. The van der Waals surface area contributed by atoms with E-state index in [1.54, 1.807) is 0 Å². The van der Waals surface area contributed by atoms with Gasteiger partial charge in [-0.25, -0.2) is 0 Å². The molecule has 3 aliphatic heterocycles. The maximum absolute atomic E-state index is 2.73. The Hall–Kier alpha value is -8.38. The van der Waals surface area contributed by atoms with Crippen LogP contribution in [0.5, 0.6) is 0 Å². The molecule has 9 aromatic carbocycles. The average molecular weight is 1030 g/mol.